The van der Waals surface area contributed by atoms with Crippen molar-refractivity contribution in [1.82, 2.24) is 15.5 Å². The van der Waals surface area contributed by atoms with Crippen LogP contribution in [0.4, 0.5) is 0 Å². The molecule has 5 heteroatoms. The molecule has 1 amide bonds. The van der Waals surface area contributed by atoms with Gasteiger partial charge < -0.3 is 15.5 Å². The van der Waals surface area contributed by atoms with Gasteiger partial charge in [0.05, 0.1) is 0 Å². The highest BCUT2D eigenvalue weighted by Crippen LogP contribution is 2.27. The van der Waals surface area contributed by atoms with Crippen molar-refractivity contribution in [2.75, 3.05) is 26.2 Å². The number of fused-ring (bicyclic) bond motifs is 1. The highest BCUT2D eigenvalue weighted by Gasteiger charge is 2.22. The minimum atomic E-state index is 0.100. The third kappa shape index (κ3) is 4.47. The lowest BCUT2D eigenvalue weighted by atomic mass is 10.00. The second-order valence-electron chi connectivity index (χ2n) is 6.35. The second kappa shape index (κ2) is 7.49. The average Bonchev–Trinajstić information content (AvgIpc) is 3.41. The molecule has 0 unspecified atom stereocenters. The van der Waals surface area contributed by atoms with Crippen LogP contribution < -0.4 is 10.6 Å². The first-order valence-electron chi connectivity index (χ1n) is 8.63. The topological polar surface area (TPSA) is 56.7 Å². The van der Waals surface area contributed by atoms with Gasteiger partial charge in [-0.15, -0.1) is 0 Å². The Morgan fingerprint density at radius 1 is 1.26 bits per heavy atom. The molecule has 1 saturated carbocycles. The fourth-order valence-corrected chi connectivity index (χ4v) is 2.86. The van der Waals surface area contributed by atoms with E-state index < -0.39 is 0 Å². The van der Waals surface area contributed by atoms with Crippen molar-refractivity contribution < 1.29 is 4.79 Å². The van der Waals surface area contributed by atoms with Crippen molar-refractivity contribution in [3.8, 4) is 0 Å². The summed E-state index contributed by atoms with van der Waals surface area (Å²) < 4.78 is 0. The highest BCUT2D eigenvalue weighted by atomic mass is 16.2. The summed E-state index contributed by atoms with van der Waals surface area (Å²) in [6, 6.07) is 8.37. The lowest BCUT2D eigenvalue weighted by Crippen LogP contribution is -2.41. The Bertz CT molecular complexity index is 580. The summed E-state index contributed by atoms with van der Waals surface area (Å²) in [6.07, 6.45) is 3.54. The molecule has 1 aliphatic carbocycles. The predicted molar refractivity (Wildman–Crippen MR) is 92.3 cm³/mol. The molecule has 0 saturated heterocycles. The van der Waals surface area contributed by atoms with Gasteiger partial charge in [0.15, 0.2) is 5.96 Å². The molecule has 1 fully saturated rings. The summed E-state index contributed by atoms with van der Waals surface area (Å²) in [5.74, 6) is 1.64. The minimum absolute atomic E-state index is 0.100. The van der Waals surface area contributed by atoms with Gasteiger partial charge in [-0.1, -0.05) is 24.3 Å². The molecule has 0 bridgehead atoms. The molecule has 1 heterocycles. The molecular formula is C18H26N4O. The fraction of sp³-hybridized carbons (Fsp3) is 0.556. The van der Waals surface area contributed by atoms with Crippen molar-refractivity contribution in [2.45, 2.75) is 32.7 Å². The van der Waals surface area contributed by atoms with E-state index in [0.717, 1.165) is 37.9 Å². The van der Waals surface area contributed by atoms with Crippen LogP contribution in [0, 0.1) is 5.92 Å². The van der Waals surface area contributed by atoms with Crippen LogP contribution in [0.3, 0.4) is 0 Å². The number of hydrogen-bond donors (Lipinski definition) is 2. The normalized spacial score (nSPS) is 17.6. The van der Waals surface area contributed by atoms with Gasteiger partial charge in [-0.3, -0.25) is 4.79 Å². The van der Waals surface area contributed by atoms with Crippen LogP contribution >= 0.6 is 0 Å². The van der Waals surface area contributed by atoms with E-state index in [1.54, 1.807) is 0 Å². The largest absolute Gasteiger partial charge is 0.357 e. The zero-order valence-corrected chi connectivity index (χ0v) is 13.8. The lowest BCUT2D eigenvalue weighted by Gasteiger charge is -2.28. The molecule has 1 aromatic rings. The van der Waals surface area contributed by atoms with Crippen LogP contribution in [-0.4, -0.2) is 42.9 Å². The van der Waals surface area contributed by atoms with Gasteiger partial charge in [0, 0.05) is 26.2 Å². The number of hydrogen-bond acceptors (Lipinski definition) is 2. The number of benzene rings is 1. The smallest absolute Gasteiger partial charge is 0.244 e. The molecule has 1 aromatic carbocycles. The molecule has 0 radical (unpaired) electrons. The molecule has 0 atom stereocenters. The van der Waals surface area contributed by atoms with Gasteiger partial charge in [-0.05, 0) is 43.2 Å². The van der Waals surface area contributed by atoms with Crippen molar-refractivity contribution in [3.05, 3.63) is 35.4 Å². The molecule has 2 N–H and O–H groups in total. The Kier molecular flexibility index (Phi) is 5.16. The Labute approximate surface area is 138 Å². The number of nitrogens with zero attached hydrogens (tertiary/aromatic N) is 2. The number of amides is 1. The first-order valence-corrected chi connectivity index (χ1v) is 8.63. The summed E-state index contributed by atoms with van der Waals surface area (Å²) in [5, 5.41) is 6.53. The van der Waals surface area contributed by atoms with Gasteiger partial charge in [0.2, 0.25) is 5.91 Å². The van der Waals surface area contributed by atoms with Gasteiger partial charge >= 0.3 is 0 Å². The predicted octanol–water partition coefficient (Wildman–Crippen LogP) is 1.54. The maximum absolute atomic E-state index is 12.4. The van der Waals surface area contributed by atoms with E-state index in [0.29, 0.717) is 6.54 Å². The Balaban J connectivity index is 1.54. The maximum Gasteiger partial charge on any atom is 0.244 e. The fourth-order valence-electron chi connectivity index (χ4n) is 2.86. The summed E-state index contributed by atoms with van der Waals surface area (Å²) in [6.45, 7) is 5.51. The number of guanidine groups is 1. The average molecular weight is 314 g/mol. The summed E-state index contributed by atoms with van der Waals surface area (Å²) in [7, 11) is 0. The molecule has 5 nitrogen and oxygen atoms in total. The summed E-state index contributed by atoms with van der Waals surface area (Å²) in [4.78, 5) is 18.8. The van der Waals surface area contributed by atoms with E-state index in [9.17, 15) is 4.79 Å². The zero-order chi connectivity index (χ0) is 16.1. The van der Waals surface area contributed by atoms with E-state index in [-0.39, 0.29) is 12.5 Å². The third-order valence-corrected chi connectivity index (χ3v) is 4.46. The second-order valence-corrected chi connectivity index (χ2v) is 6.35. The zero-order valence-electron chi connectivity index (χ0n) is 13.8. The SMILES string of the molecule is CCNC(=NCC(=O)N1CCc2ccccc2C1)NCC1CC1. The van der Waals surface area contributed by atoms with Gasteiger partial charge in [0.25, 0.3) is 0 Å². The summed E-state index contributed by atoms with van der Waals surface area (Å²) in [5.41, 5.74) is 2.62. The van der Waals surface area contributed by atoms with Crippen molar-refractivity contribution in [2.24, 2.45) is 10.9 Å². The number of aliphatic imine (C=N–C) groups is 1. The molecule has 0 spiro atoms. The third-order valence-electron chi connectivity index (χ3n) is 4.46. The number of carbonyl (C=O) groups is 1. The Morgan fingerprint density at radius 2 is 2.04 bits per heavy atom. The quantitative estimate of drug-likeness (QED) is 0.640. The van der Waals surface area contributed by atoms with Gasteiger partial charge in [-0.2, -0.15) is 0 Å². The maximum atomic E-state index is 12.4. The van der Waals surface area contributed by atoms with Crippen LogP contribution in [0.15, 0.2) is 29.3 Å². The molecule has 0 aromatic heterocycles. The number of carbonyl (C=O) groups excluding carboxylic acids is 1. The standard InChI is InChI=1S/C18H26N4O/c1-2-19-18(20-11-14-7-8-14)21-12-17(23)22-10-9-15-5-3-4-6-16(15)13-22/h3-6,14H,2,7-13H2,1H3,(H2,19,20,21). The molecular weight excluding hydrogens is 288 g/mol. The van der Waals surface area contributed by atoms with Crippen LogP contribution in [0.25, 0.3) is 0 Å². The molecule has 1 aliphatic heterocycles. The monoisotopic (exact) mass is 314 g/mol. The van der Waals surface area contributed by atoms with E-state index in [2.05, 4.69) is 33.8 Å². The van der Waals surface area contributed by atoms with Gasteiger partial charge in [0.1, 0.15) is 6.54 Å². The first-order chi connectivity index (χ1) is 11.3. The van der Waals surface area contributed by atoms with Crippen molar-refractivity contribution >= 4 is 11.9 Å². The van der Waals surface area contributed by atoms with E-state index in [1.807, 2.05) is 17.9 Å². The Hall–Kier alpha value is -2.04. The number of nitrogens with one attached hydrogen (secondary N) is 2. The molecule has 124 valence electrons. The van der Waals surface area contributed by atoms with Crippen LogP contribution in [0.2, 0.25) is 0 Å². The minimum Gasteiger partial charge on any atom is -0.357 e. The van der Waals surface area contributed by atoms with E-state index in [4.69, 9.17) is 0 Å². The van der Waals surface area contributed by atoms with Crippen LogP contribution in [0.5, 0.6) is 0 Å². The number of rotatable bonds is 5. The highest BCUT2D eigenvalue weighted by molar-refractivity contribution is 5.85. The lowest BCUT2D eigenvalue weighted by molar-refractivity contribution is -0.130. The van der Waals surface area contributed by atoms with Crippen LogP contribution in [-0.2, 0) is 17.8 Å². The van der Waals surface area contributed by atoms with E-state index >= 15 is 0 Å². The molecule has 23 heavy (non-hydrogen) atoms. The molecule has 2 aliphatic rings. The van der Waals surface area contributed by atoms with Crippen LogP contribution in [0.1, 0.15) is 30.9 Å². The summed E-state index contributed by atoms with van der Waals surface area (Å²) >= 11 is 0. The van der Waals surface area contributed by atoms with Gasteiger partial charge in [-0.25, -0.2) is 4.99 Å². The van der Waals surface area contributed by atoms with Crippen molar-refractivity contribution in [3.63, 3.8) is 0 Å². The Morgan fingerprint density at radius 3 is 2.78 bits per heavy atom. The first kappa shape index (κ1) is 15.8. The van der Waals surface area contributed by atoms with Crippen molar-refractivity contribution in [1.29, 1.82) is 0 Å². The molecule has 3 rings (SSSR count). The van der Waals surface area contributed by atoms with E-state index in [1.165, 1.54) is 24.0 Å².